The number of aliphatic imine (C=N–C) groups is 3. The molecule has 7 aromatic rings. The van der Waals surface area contributed by atoms with Crippen LogP contribution in [0, 0.1) is 6.92 Å². The molecule has 0 saturated carbocycles. The standard InChI is InChI=1S/C49H39N5/c1-34-19-23-36(24-20-34)48(50-2)52-49(37-25-29-43(30-26-37)54-46-17-9-5-13-40(46)32-41-14-6-10-18-47(41)54)51-33-35-21-27-42(28-22-35)53-44-15-7-3-11-38(44)31-39-12-4-8-16-45(39)53/h3-30H,2,31-33H2,1H3. The van der Waals surface area contributed by atoms with Gasteiger partial charge in [-0.05, 0) is 102 Å². The summed E-state index contributed by atoms with van der Waals surface area (Å²) >= 11 is 0. The molecule has 5 nitrogen and oxygen atoms in total. The maximum Gasteiger partial charge on any atom is 0.161 e. The molecule has 9 rings (SSSR count). The lowest BCUT2D eigenvalue weighted by atomic mass is 9.95. The number of anilines is 6. The third-order valence-corrected chi connectivity index (χ3v) is 10.4. The van der Waals surface area contributed by atoms with Crippen molar-refractivity contribution in [2.45, 2.75) is 26.3 Å². The lowest BCUT2D eigenvalue weighted by Gasteiger charge is -2.33. The van der Waals surface area contributed by atoms with Crippen molar-refractivity contribution >= 4 is 52.5 Å². The van der Waals surface area contributed by atoms with E-state index in [1.807, 2.05) is 12.1 Å². The Morgan fingerprint density at radius 1 is 0.481 bits per heavy atom. The molecule has 0 N–H and O–H groups in total. The minimum Gasteiger partial charge on any atom is -0.310 e. The zero-order valence-corrected chi connectivity index (χ0v) is 30.2. The molecule has 2 aliphatic rings. The third-order valence-electron chi connectivity index (χ3n) is 10.4. The molecule has 0 amide bonds. The van der Waals surface area contributed by atoms with Crippen LogP contribution in [0.25, 0.3) is 0 Å². The zero-order valence-electron chi connectivity index (χ0n) is 30.2. The number of rotatable bonds is 6. The van der Waals surface area contributed by atoms with Crippen LogP contribution < -0.4 is 9.80 Å². The molecule has 7 aromatic carbocycles. The Morgan fingerprint density at radius 2 is 0.870 bits per heavy atom. The molecule has 0 aliphatic carbocycles. The predicted octanol–water partition coefficient (Wildman–Crippen LogP) is 11.8. The second-order valence-corrected chi connectivity index (χ2v) is 13.9. The normalized spacial score (nSPS) is 13.4. The van der Waals surface area contributed by atoms with E-state index in [4.69, 9.17) is 9.98 Å². The Labute approximate surface area is 317 Å². The molecule has 0 saturated heterocycles. The van der Waals surface area contributed by atoms with Gasteiger partial charge in [0.2, 0.25) is 0 Å². The fourth-order valence-corrected chi connectivity index (χ4v) is 7.60. The maximum atomic E-state index is 5.14. The van der Waals surface area contributed by atoms with Crippen LogP contribution in [0.1, 0.15) is 44.5 Å². The summed E-state index contributed by atoms with van der Waals surface area (Å²) in [6, 6.07) is 60.1. The molecule has 54 heavy (non-hydrogen) atoms. The largest absolute Gasteiger partial charge is 0.310 e. The van der Waals surface area contributed by atoms with Gasteiger partial charge in [-0.3, -0.25) is 4.99 Å². The van der Waals surface area contributed by atoms with Gasteiger partial charge in [-0.25, -0.2) is 9.98 Å². The van der Waals surface area contributed by atoms with E-state index >= 15 is 0 Å². The second kappa shape index (κ2) is 14.3. The highest BCUT2D eigenvalue weighted by Crippen LogP contribution is 2.45. The number of fused-ring (bicyclic) bond motifs is 4. The van der Waals surface area contributed by atoms with Crippen molar-refractivity contribution in [3.8, 4) is 0 Å². The van der Waals surface area contributed by atoms with Gasteiger partial charge in [0.1, 0.15) is 0 Å². The first-order chi connectivity index (χ1) is 26.6. The van der Waals surface area contributed by atoms with Gasteiger partial charge in [0.25, 0.3) is 0 Å². The summed E-state index contributed by atoms with van der Waals surface area (Å²) in [5.74, 6) is 1.14. The summed E-state index contributed by atoms with van der Waals surface area (Å²) < 4.78 is 0. The fraction of sp³-hybridized carbons (Fsp3) is 0.0816. The van der Waals surface area contributed by atoms with Crippen molar-refractivity contribution in [2.75, 3.05) is 9.80 Å². The quantitative estimate of drug-likeness (QED) is 0.128. The average molecular weight is 698 g/mol. The Hall–Kier alpha value is -6.85. The summed E-state index contributed by atoms with van der Waals surface area (Å²) in [5, 5.41) is 0. The number of para-hydroxylation sites is 4. The Morgan fingerprint density at radius 3 is 1.31 bits per heavy atom. The first-order valence-electron chi connectivity index (χ1n) is 18.4. The Balaban J connectivity index is 1.06. The highest BCUT2D eigenvalue weighted by molar-refractivity contribution is 6.12. The van der Waals surface area contributed by atoms with Gasteiger partial charge in [0.05, 0.1) is 6.54 Å². The maximum absolute atomic E-state index is 5.14. The second-order valence-electron chi connectivity index (χ2n) is 13.9. The van der Waals surface area contributed by atoms with Crippen molar-refractivity contribution in [1.29, 1.82) is 0 Å². The van der Waals surface area contributed by atoms with E-state index in [1.54, 1.807) is 0 Å². The van der Waals surface area contributed by atoms with Gasteiger partial charge >= 0.3 is 0 Å². The Bertz CT molecular complexity index is 2460. The van der Waals surface area contributed by atoms with Crippen LogP contribution >= 0.6 is 0 Å². The minimum absolute atomic E-state index is 0.458. The number of aryl methyl sites for hydroxylation is 1. The molecular weight excluding hydrogens is 659 g/mol. The monoisotopic (exact) mass is 697 g/mol. The minimum atomic E-state index is 0.458. The topological polar surface area (TPSA) is 43.6 Å². The van der Waals surface area contributed by atoms with E-state index in [9.17, 15) is 0 Å². The molecule has 2 heterocycles. The Kier molecular flexibility index (Phi) is 8.73. The van der Waals surface area contributed by atoms with Crippen LogP contribution in [-0.2, 0) is 19.4 Å². The molecule has 2 aliphatic heterocycles. The molecule has 0 aromatic heterocycles. The molecule has 0 atom stereocenters. The number of hydrogen-bond acceptors (Lipinski definition) is 3. The van der Waals surface area contributed by atoms with Crippen molar-refractivity contribution < 1.29 is 0 Å². The zero-order chi connectivity index (χ0) is 36.4. The number of benzene rings is 7. The first-order valence-corrected chi connectivity index (χ1v) is 18.4. The van der Waals surface area contributed by atoms with Gasteiger partial charge in [0, 0.05) is 58.1 Å². The van der Waals surface area contributed by atoms with Crippen LogP contribution in [0.2, 0.25) is 0 Å². The fourth-order valence-electron chi connectivity index (χ4n) is 7.60. The lowest BCUT2D eigenvalue weighted by Crippen LogP contribution is -2.18. The number of amidine groups is 2. The van der Waals surface area contributed by atoms with Crippen molar-refractivity contribution in [1.82, 2.24) is 0 Å². The van der Waals surface area contributed by atoms with E-state index in [0.717, 1.165) is 40.9 Å². The third kappa shape index (κ3) is 6.30. The summed E-state index contributed by atoms with van der Waals surface area (Å²) in [5.41, 5.74) is 16.4. The van der Waals surface area contributed by atoms with Gasteiger partial charge in [-0.15, -0.1) is 0 Å². The van der Waals surface area contributed by atoms with Crippen molar-refractivity contribution in [3.63, 3.8) is 0 Å². The van der Waals surface area contributed by atoms with Gasteiger partial charge in [-0.2, -0.15) is 0 Å². The smallest absolute Gasteiger partial charge is 0.161 e. The summed E-state index contributed by atoms with van der Waals surface area (Å²) in [7, 11) is 0. The molecule has 5 heteroatoms. The summed E-state index contributed by atoms with van der Waals surface area (Å²) in [6.07, 6.45) is 1.85. The molecule has 260 valence electrons. The highest BCUT2D eigenvalue weighted by Gasteiger charge is 2.25. The molecule has 0 radical (unpaired) electrons. The summed E-state index contributed by atoms with van der Waals surface area (Å²) in [6.45, 7) is 6.41. The van der Waals surface area contributed by atoms with E-state index in [1.165, 1.54) is 50.6 Å². The van der Waals surface area contributed by atoms with Crippen LogP contribution in [0.15, 0.2) is 185 Å². The first kappa shape index (κ1) is 33.0. The van der Waals surface area contributed by atoms with E-state index < -0.39 is 0 Å². The average Bonchev–Trinajstić information content (AvgIpc) is 3.23. The van der Waals surface area contributed by atoms with E-state index in [0.29, 0.717) is 18.2 Å². The molecule has 0 fully saturated rings. The van der Waals surface area contributed by atoms with Crippen molar-refractivity contribution in [3.05, 3.63) is 214 Å². The van der Waals surface area contributed by atoms with E-state index in [-0.39, 0.29) is 0 Å². The van der Waals surface area contributed by atoms with Gasteiger partial charge in [-0.1, -0.05) is 115 Å². The highest BCUT2D eigenvalue weighted by atomic mass is 15.2. The number of nitrogens with zero attached hydrogens (tertiary/aromatic N) is 5. The SMILES string of the molecule is C=NC(=NC(=NCc1ccc(N2c3ccccc3Cc3ccccc32)cc1)c1ccc(N2c3ccccc3Cc3ccccc32)cc1)c1ccc(C)cc1. The molecule has 0 spiro atoms. The van der Waals surface area contributed by atoms with Gasteiger partial charge in [0.15, 0.2) is 11.7 Å². The van der Waals surface area contributed by atoms with Crippen LogP contribution in [0.4, 0.5) is 34.1 Å². The molecule has 0 unspecified atom stereocenters. The van der Waals surface area contributed by atoms with Gasteiger partial charge < -0.3 is 9.80 Å². The van der Waals surface area contributed by atoms with E-state index in [2.05, 4.69) is 186 Å². The van der Waals surface area contributed by atoms with Crippen molar-refractivity contribution in [2.24, 2.45) is 15.0 Å². The van der Waals surface area contributed by atoms with Crippen LogP contribution in [0.5, 0.6) is 0 Å². The summed E-state index contributed by atoms with van der Waals surface area (Å²) in [4.78, 5) is 19.3. The predicted molar refractivity (Wildman–Crippen MR) is 225 cm³/mol. The molecular formula is C49H39N5. The van der Waals surface area contributed by atoms with Crippen LogP contribution in [-0.4, -0.2) is 18.4 Å². The van der Waals surface area contributed by atoms with Crippen LogP contribution in [0.3, 0.4) is 0 Å². The molecule has 0 bridgehead atoms. The lowest BCUT2D eigenvalue weighted by molar-refractivity contribution is 1.05. The number of hydrogen-bond donors (Lipinski definition) is 0.